The number of rotatable bonds is 3. The number of halogens is 2. The second-order valence-corrected chi connectivity index (χ2v) is 6.23. The Labute approximate surface area is 131 Å². The van der Waals surface area contributed by atoms with Crippen LogP contribution in [-0.4, -0.2) is 31.1 Å². The molecule has 0 amide bonds. The van der Waals surface area contributed by atoms with Crippen molar-refractivity contribution in [2.75, 3.05) is 20.2 Å². The molecule has 1 saturated heterocycles. The van der Waals surface area contributed by atoms with Gasteiger partial charge in [0.25, 0.3) is 0 Å². The van der Waals surface area contributed by atoms with Gasteiger partial charge in [-0.05, 0) is 63.5 Å². The highest BCUT2D eigenvalue weighted by molar-refractivity contribution is 9.10. The van der Waals surface area contributed by atoms with Crippen molar-refractivity contribution in [3.05, 3.63) is 27.7 Å². The Bertz CT molecular complexity index is 402. The Morgan fingerprint density at radius 2 is 1.89 bits per heavy atom. The van der Waals surface area contributed by atoms with E-state index in [-0.39, 0.29) is 12.4 Å². The maximum atomic E-state index is 6.07. The molecule has 1 atom stereocenters. The number of hydrogen-bond donors (Lipinski definition) is 0. The highest BCUT2D eigenvalue weighted by Gasteiger charge is 2.20. The minimum absolute atomic E-state index is 0. The number of aryl methyl sites for hydroxylation is 2. The van der Waals surface area contributed by atoms with Crippen LogP contribution in [0.15, 0.2) is 16.6 Å². The van der Waals surface area contributed by atoms with Gasteiger partial charge in [-0.15, -0.1) is 12.4 Å². The number of likely N-dealkylation sites (N-methyl/N-ethyl adjacent to an activating group) is 1. The highest BCUT2D eigenvalue weighted by atomic mass is 79.9. The molecule has 108 valence electrons. The lowest BCUT2D eigenvalue weighted by Crippen LogP contribution is -2.40. The van der Waals surface area contributed by atoms with E-state index in [1.54, 1.807) is 0 Å². The monoisotopic (exact) mass is 347 g/mol. The Balaban J connectivity index is 0.00000180. The number of likely N-dealkylation sites (tertiary alicyclic amines) is 1. The molecule has 0 N–H and O–H groups in total. The normalized spacial score (nSPS) is 19.9. The van der Waals surface area contributed by atoms with Crippen molar-refractivity contribution >= 4 is 28.3 Å². The van der Waals surface area contributed by atoms with E-state index in [0.29, 0.717) is 6.04 Å². The predicted molar refractivity (Wildman–Crippen MR) is 86.6 cm³/mol. The zero-order valence-corrected chi connectivity index (χ0v) is 14.3. The van der Waals surface area contributed by atoms with Gasteiger partial charge in [-0.3, -0.25) is 0 Å². The summed E-state index contributed by atoms with van der Waals surface area (Å²) in [5, 5.41) is 0. The first-order valence-electron chi connectivity index (χ1n) is 6.67. The van der Waals surface area contributed by atoms with Crippen molar-refractivity contribution in [1.29, 1.82) is 0 Å². The molecule has 0 bridgehead atoms. The van der Waals surface area contributed by atoms with E-state index in [2.05, 4.69) is 53.9 Å². The van der Waals surface area contributed by atoms with E-state index in [4.69, 9.17) is 4.74 Å². The van der Waals surface area contributed by atoms with E-state index in [9.17, 15) is 0 Å². The molecule has 1 aliphatic heterocycles. The van der Waals surface area contributed by atoms with Gasteiger partial charge in [0.1, 0.15) is 12.4 Å². The van der Waals surface area contributed by atoms with E-state index in [1.165, 1.54) is 36.9 Å². The minimum atomic E-state index is 0. The third kappa shape index (κ3) is 4.37. The highest BCUT2D eigenvalue weighted by Crippen LogP contribution is 2.28. The fourth-order valence-corrected chi connectivity index (χ4v) is 3.35. The quantitative estimate of drug-likeness (QED) is 0.805. The van der Waals surface area contributed by atoms with Crippen molar-refractivity contribution in [3.8, 4) is 5.75 Å². The maximum absolute atomic E-state index is 6.07. The third-order valence-corrected chi connectivity index (χ3v) is 4.22. The van der Waals surface area contributed by atoms with Crippen LogP contribution in [0.25, 0.3) is 0 Å². The smallest absolute Gasteiger partial charge is 0.125 e. The topological polar surface area (TPSA) is 12.5 Å². The van der Waals surface area contributed by atoms with Crippen molar-refractivity contribution in [3.63, 3.8) is 0 Å². The first kappa shape index (κ1) is 16.8. The first-order chi connectivity index (χ1) is 8.58. The predicted octanol–water partition coefficient (Wildman–Crippen LogP) is 4.35. The van der Waals surface area contributed by atoms with Crippen molar-refractivity contribution in [1.82, 2.24) is 4.90 Å². The minimum Gasteiger partial charge on any atom is -0.491 e. The van der Waals surface area contributed by atoms with Gasteiger partial charge in [0.15, 0.2) is 0 Å². The van der Waals surface area contributed by atoms with E-state index in [1.807, 2.05) is 0 Å². The van der Waals surface area contributed by atoms with Gasteiger partial charge in [-0.25, -0.2) is 0 Å². The van der Waals surface area contributed by atoms with Gasteiger partial charge >= 0.3 is 0 Å². The summed E-state index contributed by atoms with van der Waals surface area (Å²) in [7, 11) is 2.20. The molecule has 0 aromatic heterocycles. The largest absolute Gasteiger partial charge is 0.491 e. The zero-order valence-electron chi connectivity index (χ0n) is 11.9. The standard InChI is InChI=1S/C15H22BrNO.ClH/c1-11-8-13(16)9-12(2)15(11)18-10-14-6-4-5-7-17(14)3;/h8-9,14H,4-7,10H2,1-3H3;1H. The van der Waals surface area contributed by atoms with Gasteiger partial charge in [0.05, 0.1) is 0 Å². The van der Waals surface area contributed by atoms with E-state index >= 15 is 0 Å². The summed E-state index contributed by atoms with van der Waals surface area (Å²) < 4.78 is 7.19. The fraction of sp³-hybridized carbons (Fsp3) is 0.600. The number of hydrogen-bond acceptors (Lipinski definition) is 2. The zero-order chi connectivity index (χ0) is 13.1. The first-order valence-corrected chi connectivity index (χ1v) is 7.47. The van der Waals surface area contributed by atoms with Gasteiger partial charge in [0.2, 0.25) is 0 Å². The molecule has 0 radical (unpaired) electrons. The summed E-state index contributed by atoms with van der Waals surface area (Å²) in [6.45, 7) is 6.22. The van der Waals surface area contributed by atoms with Crippen LogP contribution < -0.4 is 4.74 Å². The van der Waals surface area contributed by atoms with Gasteiger partial charge in [0, 0.05) is 10.5 Å². The average molecular weight is 349 g/mol. The lowest BCUT2D eigenvalue weighted by atomic mass is 10.0. The van der Waals surface area contributed by atoms with Gasteiger partial charge in [-0.1, -0.05) is 22.4 Å². The molecule has 1 aromatic rings. The Morgan fingerprint density at radius 3 is 2.47 bits per heavy atom. The summed E-state index contributed by atoms with van der Waals surface area (Å²) in [6.07, 6.45) is 3.91. The molecule has 1 aromatic carbocycles. The summed E-state index contributed by atoms with van der Waals surface area (Å²) >= 11 is 3.52. The second-order valence-electron chi connectivity index (χ2n) is 5.31. The Kier molecular flexibility index (Phi) is 6.64. The van der Waals surface area contributed by atoms with Crippen LogP contribution in [0, 0.1) is 13.8 Å². The number of nitrogens with zero attached hydrogens (tertiary/aromatic N) is 1. The molecule has 1 fully saturated rings. The third-order valence-electron chi connectivity index (χ3n) is 3.77. The Morgan fingerprint density at radius 1 is 1.26 bits per heavy atom. The van der Waals surface area contributed by atoms with Crippen molar-refractivity contribution in [2.24, 2.45) is 0 Å². The molecule has 0 spiro atoms. The Hall–Kier alpha value is -0.250. The van der Waals surface area contributed by atoms with E-state index < -0.39 is 0 Å². The van der Waals surface area contributed by atoms with Crippen molar-refractivity contribution in [2.45, 2.75) is 39.2 Å². The number of benzene rings is 1. The summed E-state index contributed by atoms with van der Waals surface area (Å²) in [6, 6.07) is 4.81. The fourth-order valence-electron chi connectivity index (χ4n) is 2.66. The second kappa shape index (κ2) is 7.51. The SMILES string of the molecule is Cc1cc(Br)cc(C)c1OCC1CCCCN1C.Cl. The molecule has 1 unspecified atom stereocenters. The lowest BCUT2D eigenvalue weighted by Gasteiger charge is -2.32. The molecule has 1 heterocycles. The molecule has 19 heavy (non-hydrogen) atoms. The summed E-state index contributed by atoms with van der Waals surface area (Å²) in [4.78, 5) is 2.42. The number of ether oxygens (including phenoxy) is 1. The molecular weight excluding hydrogens is 326 g/mol. The average Bonchev–Trinajstić information content (AvgIpc) is 2.30. The maximum Gasteiger partial charge on any atom is 0.125 e. The van der Waals surface area contributed by atoms with Gasteiger partial charge in [-0.2, -0.15) is 0 Å². The van der Waals surface area contributed by atoms with Crippen LogP contribution in [0.4, 0.5) is 0 Å². The van der Waals surface area contributed by atoms with Crippen LogP contribution in [0.3, 0.4) is 0 Å². The summed E-state index contributed by atoms with van der Waals surface area (Å²) in [5.41, 5.74) is 2.42. The molecule has 0 aliphatic carbocycles. The molecule has 1 aliphatic rings. The summed E-state index contributed by atoms with van der Waals surface area (Å²) in [5.74, 6) is 1.05. The van der Waals surface area contributed by atoms with E-state index in [0.717, 1.165) is 16.8 Å². The van der Waals surface area contributed by atoms with Crippen LogP contribution in [0.2, 0.25) is 0 Å². The van der Waals surface area contributed by atoms with Crippen LogP contribution >= 0.6 is 28.3 Å². The van der Waals surface area contributed by atoms with Crippen LogP contribution in [0.1, 0.15) is 30.4 Å². The molecule has 0 saturated carbocycles. The van der Waals surface area contributed by atoms with Crippen molar-refractivity contribution < 1.29 is 4.74 Å². The van der Waals surface area contributed by atoms with Crippen LogP contribution in [-0.2, 0) is 0 Å². The lowest BCUT2D eigenvalue weighted by molar-refractivity contribution is 0.124. The molecule has 2 rings (SSSR count). The molecule has 2 nitrogen and oxygen atoms in total. The van der Waals surface area contributed by atoms with Crippen LogP contribution in [0.5, 0.6) is 5.75 Å². The molecule has 4 heteroatoms. The molecular formula is C15H23BrClNO. The number of piperidine rings is 1. The van der Waals surface area contributed by atoms with Gasteiger partial charge < -0.3 is 9.64 Å².